The molecule has 4 aromatic rings. The molecule has 1 N–H and O–H groups in total. The molecule has 42 heavy (non-hydrogen) atoms. The molecule has 6 heteroatoms. The first kappa shape index (κ1) is 28.8. The fourth-order valence-corrected chi connectivity index (χ4v) is 6.80. The Morgan fingerprint density at radius 3 is 2.43 bits per heavy atom. The summed E-state index contributed by atoms with van der Waals surface area (Å²) in [5.41, 5.74) is 8.67. The number of rotatable bonds is 8. The number of benzene rings is 4. The van der Waals surface area contributed by atoms with Crippen LogP contribution in [0.4, 0.5) is 4.39 Å². The van der Waals surface area contributed by atoms with Crippen LogP contribution in [0.1, 0.15) is 47.9 Å². The highest BCUT2D eigenvalue weighted by atomic mass is 35.5. The van der Waals surface area contributed by atoms with Gasteiger partial charge in [-0.25, -0.2) is 0 Å². The number of alkyl halides is 1. The summed E-state index contributed by atoms with van der Waals surface area (Å²) in [4.78, 5) is 2.28. The van der Waals surface area contributed by atoms with E-state index in [-0.39, 0.29) is 18.5 Å². The first-order chi connectivity index (χ1) is 20.5. The molecule has 6 rings (SSSR count). The van der Waals surface area contributed by atoms with Crippen LogP contribution < -0.4 is 4.74 Å². The molecule has 216 valence electrons. The first-order valence-electron chi connectivity index (χ1n) is 14.7. The maximum atomic E-state index is 12.6. The zero-order valence-corrected chi connectivity index (χ0v) is 25.0. The largest absolute Gasteiger partial charge is 0.507 e. The Morgan fingerprint density at radius 1 is 0.857 bits per heavy atom. The predicted molar refractivity (Wildman–Crippen MR) is 171 cm³/mol. The average molecular weight is 603 g/mol. The van der Waals surface area contributed by atoms with Gasteiger partial charge in [0.15, 0.2) is 0 Å². The van der Waals surface area contributed by atoms with Crippen LogP contribution in [0.3, 0.4) is 0 Å². The van der Waals surface area contributed by atoms with Gasteiger partial charge in [0.1, 0.15) is 17.6 Å². The number of para-hydroxylation sites is 1. The van der Waals surface area contributed by atoms with Crippen molar-refractivity contribution in [3.05, 3.63) is 117 Å². The van der Waals surface area contributed by atoms with Crippen LogP contribution in [0.15, 0.2) is 84.9 Å². The molecule has 1 saturated heterocycles. The number of hydrogen-bond donors (Lipinski definition) is 1. The van der Waals surface area contributed by atoms with Crippen LogP contribution in [0, 0.1) is 0 Å². The van der Waals surface area contributed by atoms with Gasteiger partial charge in [-0.3, -0.25) is 9.29 Å². The summed E-state index contributed by atoms with van der Waals surface area (Å²) < 4.78 is 18.9. The molecule has 1 heterocycles. The van der Waals surface area contributed by atoms with Crippen LogP contribution in [0.2, 0.25) is 10.0 Å². The number of nitrogens with zero attached hydrogens (tertiary/aromatic N) is 1. The van der Waals surface area contributed by atoms with Gasteiger partial charge in [-0.15, -0.1) is 0 Å². The van der Waals surface area contributed by atoms with E-state index in [4.69, 9.17) is 27.9 Å². The van der Waals surface area contributed by atoms with Crippen LogP contribution in [0.5, 0.6) is 11.5 Å². The topological polar surface area (TPSA) is 32.7 Å². The molecular weight excluding hydrogens is 568 g/mol. The number of halogens is 3. The lowest BCUT2D eigenvalue weighted by Crippen LogP contribution is -2.26. The van der Waals surface area contributed by atoms with Gasteiger partial charge in [0.05, 0.1) is 6.67 Å². The summed E-state index contributed by atoms with van der Waals surface area (Å²) in [6, 6.07) is 28.0. The van der Waals surface area contributed by atoms with Gasteiger partial charge in [0.25, 0.3) is 0 Å². The molecular formula is C36H34Cl2FNO2. The fourth-order valence-electron chi connectivity index (χ4n) is 6.28. The van der Waals surface area contributed by atoms with Gasteiger partial charge >= 0.3 is 0 Å². The van der Waals surface area contributed by atoms with Crippen LogP contribution in [-0.2, 0) is 6.42 Å². The second-order valence-electron chi connectivity index (χ2n) is 11.1. The van der Waals surface area contributed by atoms with Crippen molar-refractivity contribution in [2.45, 2.75) is 38.2 Å². The molecule has 1 aliphatic heterocycles. The monoisotopic (exact) mass is 601 g/mol. The summed E-state index contributed by atoms with van der Waals surface area (Å²) in [6.45, 7) is 2.28. The molecule has 1 atom stereocenters. The van der Waals surface area contributed by atoms with E-state index in [1.54, 1.807) is 6.07 Å². The normalized spacial score (nSPS) is 17.3. The van der Waals surface area contributed by atoms with E-state index < -0.39 is 0 Å². The molecule has 0 spiro atoms. The van der Waals surface area contributed by atoms with E-state index in [0.29, 0.717) is 16.5 Å². The lowest BCUT2D eigenvalue weighted by Gasteiger charge is -2.19. The quantitative estimate of drug-likeness (QED) is 0.218. The highest BCUT2D eigenvalue weighted by molar-refractivity contribution is 6.36. The second kappa shape index (κ2) is 12.9. The van der Waals surface area contributed by atoms with Crippen molar-refractivity contribution in [1.82, 2.24) is 4.90 Å². The van der Waals surface area contributed by atoms with E-state index in [1.807, 2.05) is 36.4 Å². The molecule has 0 unspecified atom stereocenters. The van der Waals surface area contributed by atoms with Gasteiger partial charge in [0, 0.05) is 35.2 Å². The Balaban J connectivity index is 1.38. The van der Waals surface area contributed by atoms with Gasteiger partial charge in [-0.05, 0) is 101 Å². The van der Waals surface area contributed by atoms with E-state index in [2.05, 4.69) is 47.4 Å². The van der Waals surface area contributed by atoms with E-state index >= 15 is 0 Å². The minimum atomic E-state index is -0.276. The van der Waals surface area contributed by atoms with Gasteiger partial charge in [-0.1, -0.05) is 77.8 Å². The summed E-state index contributed by atoms with van der Waals surface area (Å²) in [7, 11) is 0. The van der Waals surface area contributed by atoms with Crippen molar-refractivity contribution >= 4 is 34.3 Å². The molecule has 0 saturated carbocycles. The number of allylic oxidation sites excluding steroid dienone is 1. The molecule has 2 aliphatic rings. The minimum Gasteiger partial charge on any atom is -0.507 e. The third-order valence-corrected chi connectivity index (χ3v) is 8.85. The van der Waals surface area contributed by atoms with Crippen LogP contribution in [0.25, 0.3) is 22.3 Å². The Kier molecular flexibility index (Phi) is 8.85. The number of fused-ring (bicyclic) bond motifs is 1. The maximum absolute atomic E-state index is 12.6. The highest BCUT2D eigenvalue weighted by Gasteiger charge is 2.25. The van der Waals surface area contributed by atoms with Crippen molar-refractivity contribution < 1.29 is 14.2 Å². The Hall–Kier alpha value is -3.31. The van der Waals surface area contributed by atoms with E-state index in [9.17, 15) is 9.50 Å². The molecule has 0 aromatic heterocycles. The van der Waals surface area contributed by atoms with Gasteiger partial charge in [0.2, 0.25) is 0 Å². The predicted octanol–water partition coefficient (Wildman–Crippen LogP) is 9.47. The van der Waals surface area contributed by atoms with Crippen molar-refractivity contribution in [3.8, 4) is 22.6 Å². The molecule has 0 radical (unpaired) electrons. The standard InChI is InChI=1S/C36H34Cl2FNO2/c37-27-12-16-32(34(38)22-27)33-7-3-5-25-21-26(30-6-1-2-8-35(30)41)11-15-31(25)36(33)24-9-13-28(14-10-24)42-29-17-20-40(23-29)19-4-18-39/h1-2,6,8-16,21-22,29,41H,3-5,7,17-20,23H2/t29-/m0/s1. The van der Waals surface area contributed by atoms with E-state index in [1.165, 1.54) is 16.7 Å². The maximum Gasteiger partial charge on any atom is 0.123 e. The number of phenols is 1. The average Bonchev–Trinajstić information content (AvgIpc) is 3.35. The zero-order valence-electron chi connectivity index (χ0n) is 23.5. The Morgan fingerprint density at radius 2 is 1.64 bits per heavy atom. The second-order valence-corrected chi connectivity index (χ2v) is 12.0. The van der Waals surface area contributed by atoms with E-state index in [0.717, 1.165) is 78.9 Å². The number of likely N-dealkylation sites (tertiary alicyclic amines) is 1. The first-order valence-corrected chi connectivity index (χ1v) is 15.4. The van der Waals surface area contributed by atoms with Crippen LogP contribution >= 0.6 is 23.2 Å². The Labute approximate surface area is 257 Å². The van der Waals surface area contributed by atoms with Crippen molar-refractivity contribution in [2.24, 2.45) is 0 Å². The van der Waals surface area contributed by atoms with Crippen molar-refractivity contribution in [3.63, 3.8) is 0 Å². The molecule has 0 amide bonds. The zero-order chi connectivity index (χ0) is 29.1. The number of aromatic hydroxyl groups is 1. The number of phenolic OH excluding ortho intramolecular Hbond substituents is 1. The molecule has 0 bridgehead atoms. The SMILES string of the molecule is Oc1ccccc1-c1ccc2c(c1)CCCC(c1ccc(Cl)cc1Cl)=C2c1ccc(O[C@H]2CCN(CCCF)C2)cc1. The summed E-state index contributed by atoms with van der Waals surface area (Å²) in [5.74, 6) is 1.12. The fraction of sp³-hybridized carbons (Fsp3) is 0.278. The molecule has 1 aliphatic carbocycles. The smallest absolute Gasteiger partial charge is 0.123 e. The molecule has 1 fully saturated rings. The summed E-state index contributed by atoms with van der Waals surface area (Å²) >= 11 is 13.1. The van der Waals surface area contributed by atoms with Gasteiger partial charge < -0.3 is 9.84 Å². The minimum absolute atomic E-state index is 0.115. The van der Waals surface area contributed by atoms with Crippen molar-refractivity contribution in [2.75, 3.05) is 26.3 Å². The number of aryl methyl sites for hydroxylation is 1. The highest BCUT2D eigenvalue weighted by Crippen LogP contribution is 2.44. The lowest BCUT2D eigenvalue weighted by molar-refractivity contribution is 0.198. The lowest BCUT2D eigenvalue weighted by atomic mass is 9.86. The third-order valence-electron chi connectivity index (χ3n) is 8.30. The Bertz CT molecular complexity index is 1600. The summed E-state index contributed by atoms with van der Waals surface area (Å²) in [6.07, 6.45) is 4.39. The van der Waals surface area contributed by atoms with Crippen LogP contribution in [-0.4, -0.2) is 42.4 Å². The summed E-state index contributed by atoms with van der Waals surface area (Å²) in [5, 5.41) is 11.8. The molecule has 4 aromatic carbocycles. The molecule has 3 nitrogen and oxygen atoms in total. The number of hydrogen-bond acceptors (Lipinski definition) is 3. The number of ether oxygens (including phenoxy) is 1. The van der Waals surface area contributed by atoms with Gasteiger partial charge in [-0.2, -0.15) is 0 Å². The van der Waals surface area contributed by atoms with Crippen molar-refractivity contribution in [1.29, 1.82) is 0 Å². The third kappa shape index (κ3) is 6.22.